The first-order chi connectivity index (χ1) is 11.4. The molecule has 8 nitrogen and oxygen atoms in total. The van der Waals surface area contributed by atoms with Gasteiger partial charge in [-0.25, -0.2) is 9.07 Å². The molecule has 9 heteroatoms. The van der Waals surface area contributed by atoms with Crippen LogP contribution in [0.3, 0.4) is 0 Å². The Morgan fingerprint density at radius 3 is 2.71 bits per heavy atom. The van der Waals surface area contributed by atoms with Crippen LogP contribution in [0.1, 0.15) is 0 Å². The smallest absolute Gasteiger partial charge is 0.322 e. The van der Waals surface area contributed by atoms with Gasteiger partial charge in [-0.3, -0.25) is 14.4 Å². The predicted molar refractivity (Wildman–Crippen MR) is 81.1 cm³/mol. The van der Waals surface area contributed by atoms with E-state index in [0.29, 0.717) is 5.75 Å². The van der Waals surface area contributed by atoms with Crippen molar-refractivity contribution >= 4 is 11.9 Å². The van der Waals surface area contributed by atoms with Crippen LogP contribution in [0.4, 0.5) is 4.39 Å². The normalized spacial score (nSPS) is 10.2. The molecule has 1 aromatic heterocycles. The third-order valence-corrected chi connectivity index (χ3v) is 3.05. The van der Waals surface area contributed by atoms with Crippen LogP contribution in [0.15, 0.2) is 35.1 Å². The third-order valence-electron chi connectivity index (χ3n) is 3.05. The number of carbonyl (C=O) groups is 2. The molecule has 24 heavy (non-hydrogen) atoms. The van der Waals surface area contributed by atoms with E-state index in [1.165, 1.54) is 31.4 Å². The van der Waals surface area contributed by atoms with E-state index < -0.39 is 36.3 Å². The van der Waals surface area contributed by atoms with Crippen LogP contribution in [0.2, 0.25) is 0 Å². The van der Waals surface area contributed by atoms with Gasteiger partial charge >= 0.3 is 5.97 Å². The molecule has 0 unspecified atom stereocenters. The van der Waals surface area contributed by atoms with Crippen LogP contribution in [0.5, 0.6) is 5.75 Å². The fourth-order valence-corrected chi connectivity index (χ4v) is 1.90. The largest absolute Gasteiger partial charge is 0.497 e. The SMILES string of the molecule is COc1ccc(-c2ccc(=O)n(CC(=O)NCC(=O)O)n2)c(F)c1. The average Bonchev–Trinajstić information content (AvgIpc) is 2.55. The molecule has 1 amide bonds. The molecule has 0 saturated heterocycles. The molecule has 0 atom stereocenters. The number of aliphatic carboxylic acids is 1. The first kappa shape index (κ1) is 17.1. The molecule has 0 aliphatic carbocycles. The maximum atomic E-state index is 14.1. The molecule has 126 valence electrons. The third kappa shape index (κ3) is 4.15. The predicted octanol–water partition coefficient (Wildman–Crippen LogP) is 0.259. The fourth-order valence-electron chi connectivity index (χ4n) is 1.90. The number of nitrogens with zero attached hydrogens (tertiary/aromatic N) is 2. The van der Waals surface area contributed by atoms with Crippen molar-refractivity contribution in [1.29, 1.82) is 0 Å². The summed E-state index contributed by atoms with van der Waals surface area (Å²) in [5, 5.41) is 14.6. The summed E-state index contributed by atoms with van der Waals surface area (Å²) >= 11 is 0. The monoisotopic (exact) mass is 335 g/mol. The average molecular weight is 335 g/mol. The van der Waals surface area contributed by atoms with Gasteiger partial charge in [-0.1, -0.05) is 0 Å². The van der Waals surface area contributed by atoms with Crippen molar-refractivity contribution in [2.24, 2.45) is 0 Å². The minimum Gasteiger partial charge on any atom is -0.497 e. The Hall–Kier alpha value is -3.23. The zero-order valence-corrected chi connectivity index (χ0v) is 12.7. The zero-order chi connectivity index (χ0) is 17.7. The number of benzene rings is 1. The molecule has 0 aliphatic rings. The Bertz CT molecular complexity index is 834. The molecule has 0 bridgehead atoms. The lowest BCUT2D eigenvalue weighted by atomic mass is 10.1. The van der Waals surface area contributed by atoms with Gasteiger partial charge in [0.2, 0.25) is 5.91 Å². The van der Waals surface area contributed by atoms with Crippen molar-refractivity contribution in [3.05, 3.63) is 46.5 Å². The number of methoxy groups -OCH3 is 1. The first-order valence-corrected chi connectivity index (χ1v) is 6.81. The van der Waals surface area contributed by atoms with Gasteiger partial charge in [-0.05, 0) is 18.2 Å². The Balaban J connectivity index is 2.27. The van der Waals surface area contributed by atoms with E-state index in [-0.39, 0.29) is 11.3 Å². The van der Waals surface area contributed by atoms with Crippen LogP contribution >= 0.6 is 0 Å². The zero-order valence-electron chi connectivity index (χ0n) is 12.7. The molecular formula is C15H14FN3O5. The number of nitrogens with one attached hydrogen (secondary N) is 1. The summed E-state index contributed by atoms with van der Waals surface area (Å²) < 4.78 is 19.8. The van der Waals surface area contributed by atoms with Crippen molar-refractivity contribution in [2.75, 3.05) is 13.7 Å². The number of carboxylic acids is 1. The molecule has 0 fully saturated rings. The molecule has 0 spiro atoms. The molecule has 2 aromatic rings. The quantitative estimate of drug-likeness (QED) is 0.783. The van der Waals surface area contributed by atoms with Crippen molar-refractivity contribution < 1.29 is 23.8 Å². The summed E-state index contributed by atoms with van der Waals surface area (Å²) in [4.78, 5) is 33.8. The molecule has 0 radical (unpaired) electrons. The fraction of sp³-hybridized carbons (Fsp3) is 0.200. The highest BCUT2D eigenvalue weighted by atomic mass is 19.1. The van der Waals surface area contributed by atoms with Crippen molar-refractivity contribution in [2.45, 2.75) is 6.54 Å². The molecular weight excluding hydrogens is 321 g/mol. The Kier molecular flexibility index (Phi) is 5.25. The van der Waals surface area contributed by atoms with E-state index in [0.717, 1.165) is 10.7 Å². The lowest BCUT2D eigenvalue weighted by Crippen LogP contribution is -2.36. The van der Waals surface area contributed by atoms with Gasteiger partial charge in [0, 0.05) is 17.7 Å². The van der Waals surface area contributed by atoms with Crippen LogP contribution in [0, 0.1) is 5.82 Å². The van der Waals surface area contributed by atoms with Crippen molar-refractivity contribution in [1.82, 2.24) is 15.1 Å². The van der Waals surface area contributed by atoms with Gasteiger partial charge in [-0.15, -0.1) is 0 Å². The number of hydrogen-bond acceptors (Lipinski definition) is 5. The summed E-state index contributed by atoms with van der Waals surface area (Å²) in [5.74, 6) is -2.17. The number of hydrogen-bond donors (Lipinski definition) is 2. The van der Waals surface area contributed by atoms with E-state index in [4.69, 9.17) is 9.84 Å². The Morgan fingerprint density at radius 1 is 1.33 bits per heavy atom. The summed E-state index contributed by atoms with van der Waals surface area (Å²) in [6.07, 6.45) is 0. The van der Waals surface area contributed by atoms with E-state index in [9.17, 15) is 18.8 Å². The number of rotatable bonds is 6. The maximum Gasteiger partial charge on any atom is 0.322 e. The van der Waals surface area contributed by atoms with Gasteiger partial charge in [0.15, 0.2) is 0 Å². The lowest BCUT2D eigenvalue weighted by molar-refractivity contribution is -0.138. The standard InChI is InChI=1S/C15H14FN3O5/c1-24-9-2-3-10(11(16)6-9)12-4-5-14(21)19(18-12)8-13(20)17-7-15(22)23/h2-6H,7-8H2,1H3,(H,17,20)(H,22,23). The summed E-state index contributed by atoms with van der Waals surface area (Å²) in [6, 6.07) is 6.63. The Morgan fingerprint density at radius 2 is 2.08 bits per heavy atom. The number of carbonyl (C=O) groups excluding carboxylic acids is 1. The molecule has 2 rings (SSSR count). The highest BCUT2D eigenvalue weighted by Gasteiger charge is 2.12. The topological polar surface area (TPSA) is 111 Å². The minimum absolute atomic E-state index is 0.135. The van der Waals surface area contributed by atoms with E-state index in [2.05, 4.69) is 10.4 Å². The summed E-state index contributed by atoms with van der Waals surface area (Å²) in [7, 11) is 1.41. The second-order valence-electron chi connectivity index (χ2n) is 4.73. The van der Waals surface area contributed by atoms with Crippen LogP contribution in [-0.4, -0.2) is 40.4 Å². The van der Waals surface area contributed by atoms with Crippen molar-refractivity contribution in [3.8, 4) is 17.0 Å². The highest BCUT2D eigenvalue weighted by Crippen LogP contribution is 2.23. The van der Waals surface area contributed by atoms with Crippen LogP contribution < -0.4 is 15.6 Å². The van der Waals surface area contributed by atoms with E-state index in [1.807, 2.05) is 0 Å². The number of carboxylic acid groups (broad SMARTS) is 1. The molecule has 0 saturated carbocycles. The van der Waals surface area contributed by atoms with Crippen molar-refractivity contribution in [3.63, 3.8) is 0 Å². The van der Waals surface area contributed by atoms with Gasteiger partial charge < -0.3 is 15.2 Å². The van der Waals surface area contributed by atoms with Gasteiger partial charge in [0.1, 0.15) is 24.7 Å². The summed E-state index contributed by atoms with van der Waals surface area (Å²) in [6.45, 7) is -1.04. The number of aromatic nitrogens is 2. The lowest BCUT2D eigenvalue weighted by Gasteiger charge is -2.08. The van der Waals surface area contributed by atoms with Crippen LogP contribution in [0.25, 0.3) is 11.3 Å². The molecule has 2 N–H and O–H groups in total. The Labute approximate surface area is 135 Å². The minimum atomic E-state index is -1.21. The van der Waals surface area contributed by atoms with Gasteiger partial charge in [0.25, 0.3) is 5.56 Å². The van der Waals surface area contributed by atoms with E-state index >= 15 is 0 Å². The molecule has 0 aliphatic heterocycles. The molecule has 1 heterocycles. The maximum absolute atomic E-state index is 14.1. The van der Waals surface area contributed by atoms with Gasteiger partial charge in [-0.2, -0.15) is 5.10 Å². The van der Waals surface area contributed by atoms with Crippen LogP contribution in [-0.2, 0) is 16.1 Å². The second-order valence-corrected chi connectivity index (χ2v) is 4.73. The second kappa shape index (κ2) is 7.36. The van der Waals surface area contributed by atoms with Gasteiger partial charge in [0.05, 0.1) is 12.8 Å². The first-order valence-electron chi connectivity index (χ1n) is 6.81. The summed E-state index contributed by atoms with van der Waals surface area (Å²) in [5.41, 5.74) is -0.283. The molecule has 1 aromatic carbocycles. The highest BCUT2D eigenvalue weighted by molar-refractivity contribution is 5.80. The number of amides is 1. The number of halogens is 1. The number of ether oxygens (including phenoxy) is 1. The van der Waals surface area contributed by atoms with E-state index in [1.54, 1.807) is 0 Å².